The van der Waals surface area contributed by atoms with Crippen molar-refractivity contribution in [3.63, 3.8) is 0 Å². The summed E-state index contributed by atoms with van der Waals surface area (Å²) in [6, 6.07) is 0. The molecule has 0 rings (SSSR count). The maximum absolute atomic E-state index is 5.02. The maximum Gasteiger partial charge on any atom is 0.132 e. The third kappa shape index (κ3) is 4.32. The highest BCUT2D eigenvalue weighted by Crippen LogP contribution is 2.02. The molecule has 0 spiro atoms. The Morgan fingerprint density at radius 3 is 2.00 bits per heavy atom. The number of rotatable bonds is 1. The molecule has 28 valence electrons. The average molecular weight is 109 g/mol. The second-order valence-corrected chi connectivity index (χ2v) is 1.14. The maximum atomic E-state index is 5.02. The van der Waals surface area contributed by atoms with Crippen molar-refractivity contribution in [2.45, 2.75) is 0 Å². The van der Waals surface area contributed by atoms with Crippen molar-refractivity contribution in [2.24, 2.45) is 0 Å². The van der Waals surface area contributed by atoms with Crippen molar-refractivity contribution in [1.29, 1.82) is 0 Å². The van der Waals surface area contributed by atoms with Gasteiger partial charge in [-0.1, -0.05) is 18.2 Å². The van der Waals surface area contributed by atoms with Crippen LogP contribution in [-0.4, -0.2) is 0 Å². The van der Waals surface area contributed by atoms with Gasteiger partial charge in [0.1, 0.15) is 5.88 Å². The fourth-order valence-electron chi connectivity index (χ4n) is 0. The Morgan fingerprint density at radius 1 is 1.80 bits per heavy atom. The Kier molecular flexibility index (Phi) is 2.71. The summed E-state index contributed by atoms with van der Waals surface area (Å²) in [5.74, 6) is 2.07. The topological polar surface area (TPSA) is 0 Å². The lowest BCUT2D eigenvalue weighted by atomic mass is 10.8. The number of allylic oxidation sites excluding steroid dienone is 1. The third-order valence-corrected chi connectivity index (χ3v) is 0.522. The second kappa shape index (κ2) is 2.55. The number of hydrogen-bond donors (Lipinski definition) is 0. The van der Waals surface area contributed by atoms with Crippen LogP contribution in [0.2, 0.25) is 0 Å². The van der Waals surface area contributed by atoms with Crippen LogP contribution in [0.1, 0.15) is 0 Å². The lowest BCUT2D eigenvalue weighted by Crippen LogP contribution is -1.50. The molecule has 0 aromatic heterocycles. The Bertz CT molecular complexity index is 40.2. The summed E-state index contributed by atoms with van der Waals surface area (Å²) < 4.78 is 0. The van der Waals surface area contributed by atoms with Crippen LogP contribution in [0.4, 0.5) is 0 Å². The molecule has 0 aromatic rings. The van der Waals surface area contributed by atoms with E-state index in [-0.39, 0.29) is 5.03 Å². The molecule has 0 unspecified atom stereocenters. The molecule has 0 heterocycles. The molecule has 0 saturated heterocycles. The van der Waals surface area contributed by atoms with Crippen LogP contribution in [0.15, 0.2) is 11.6 Å². The predicted octanol–water partition coefficient (Wildman–Crippen LogP) is 2.02. The summed E-state index contributed by atoms with van der Waals surface area (Å²) in [5.41, 5.74) is 0. The quantitative estimate of drug-likeness (QED) is 0.483. The van der Waals surface area contributed by atoms with Crippen LogP contribution >= 0.6 is 23.2 Å². The van der Waals surface area contributed by atoms with Gasteiger partial charge < -0.3 is 0 Å². The highest BCUT2D eigenvalue weighted by molar-refractivity contribution is 6.38. The summed E-state index contributed by atoms with van der Waals surface area (Å²) in [7, 11) is 0. The third-order valence-electron chi connectivity index (χ3n) is 0.103. The summed E-state index contributed by atoms with van der Waals surface area (Å²) in [6.07, 6.45) is 0. The Balaban J connectivity index is 2.85. The predicted molar refractivity (Wildman–Crippen MR) is 24.1 cm³/mol. The van der Waals surface area contributed by atoms with E-state index >= 15 is 0 Å². The molecule has 0 nitrogen and oxygen atoms in total. The van der Waals surface area contributed by atoms with Crippen molar-refractivity contribution in [3.8, 4) is 0 Å². The molecule has 0 fully saturated rings. The zero-order valence-electron chi connectivity index (χ0n) is 2.46. The molecule has 0 saturated carbocycles. The molecule has 0 atom stereocenters. The molecular formula is C3H2Cl2. The van der Waals surface area contributed by atoms with E-state index in [1.807, 2.05) is 0 Å². The van der Waals surface area contributed by atoms with Gasteiger partial charge in [0.25, 0.3) is 0 Å². The number of hydrogen-bond acceptors (Lipinski definition) is 0. The molecule has 0 aliphatic carbocycles. The van der Waals surface area contributed by atoms with Crippen molar-refractivity contribution >= 4 is 23.2 Å². The molecule has 2 radical (unpaired) electrons. The molecule has 0 bridgehead atoms. The summed E-state index contributed by atoms with van der Waals surface area (Å²) in [6.45, 7) is 3.20. The van der Waals surface area contributed by atoms with Gasteiger partial charge in [0.2, 0.25) is 0 Å². The summed E-state index contributed by atoms with van der Waals surface area (Å²) in [4.78, 5) is 0. The van der Waals surface area contributed by atoms with E-state index in [1.165, 1.54) is 0 Å². The van der Waals surface area contributed by atoms with Crippen molar-refractivity contribution < 1.29 is 0 Å². The molecule has 2 heteroatoms. The van der Waals surface area contributed by atoms with Gasteiger partial charge in [0.15, 0.2) is 0 Å². The Morgan fingerprint density at radius 2 is 2.00 bits per heavy atom. The van der Waals surface area contributed by atoms with Gasteiger partial charge in [0, 0.05) is 5.03 Å². The molecule has 5 heavy (non-hydrogen) atoms. The van der Waals surface area contributed by atoms with E-state index < -0.39 is 0 Å². The van der Waals surface area contributed by atoms with E-state index in [2.05, 4.69) is 12.5 Å². The highest BCUT2D eigenvalue weighted by Gasteiger charge is 1.76. The van der Waals surface area contributed by atoms with Gasteiger partial charge in [-0.05, 0) is 0 Å². The zero-order valence-corrected chi connectivity index (χ0v) is 3.97. The van der Waals surface area contributed by atoms with Crippen LogP contribution in [0.5, 0.6) is 0 Å². The van der Waals surface area contributed by atoms with Crippen LogP contribution in [-0.2, 0) is 0 Å². The minimum atomic E-state index is 0.242. The van der Waals surface area contributed by atoms with E-state index in [9.17, 15) is 0 Å². The van der Waals surface area contributed by atoms with Gasteiger partial charge in [-0.15, -0.1) is 11.6 Å². The Hall–Kier alpha value is 0.320. The van der Waals surface area contributed by atoms with Crippen molar-refractivity contribution in [1.82, 2.24) is 0 Å². The molecule has 0 N–H and O–H groups in total. The molecule has 0 aliphatic rings. The molecule has 0 aliphatic heterocycles. The molecule has 0 aromatic carbocycles. The fraction of sp³-hybridized carbons (Fsp3) is 0. The SMILES string of the molecule is C=C(Cl)[C]Cl. The van der Waals surface area contributed by atoms with E-state index in [0.717, 1.165) is 0 Å². The fourth-order valence-corrected chi connectivity index (χ4v) is 0. The largest absolute Gasteiger partial charge is 0.132 e. The van der Waals surface area contributed by atoms with Crippen LogP contribution in [0.25, 0.3) is 0 Å². The smallest absolute Gasteiger partial charge is 0.108 e. The second-order valence-electron chi connectivity index (χ2n) is 0.499. The van der Waals surface area contributed by atoms with Gasteiger partial charge >= 0.3 is 0 Å². The first-order valence-corrected chi connectivity index (χ1v) is 1.74. The van der Waals surface area contributed by atoms with Crippen LogP contribution in [0, 0.1) is 5.88 Å². The standard InChI is InChI=1S/C3H2Cl2/c1-3(5)2-4/h1H2. The van der Waals surface area contributed by atoms with Gasteiger partial charge in [0.05, 0.1) is 0 Å². The average Bonchev–Trinajstić information content (AvgIpc) is 1.38. The lowest BCUT2D eigenvalue weighted by molar-refractivity contribution is 1.96. The minimum Gasteiger partial charge on any atom is -0.108 e. The number of halogens is 2. The molecular weight excluding hydrogens is 107 g/mol. The first kappa shape index (κ1) is 5.32. The van der Waals surface area contributed by atoms with Gasteiger partial charge in [-0.25, -0.2) is 0 Å². The monoisotopic (exact) mass is 108 g/mol. The van der Waals surface area contributed by atoms with E-state index in [4.69, 9.17) is 23.2 Å². The van der Waals surface area contributed by atoms with Crippen molar-refractivity contribution in [3.05, 3.63) is 17.5 Å². The van der Waals surface area contributed by atoms with Crippen LogP contribution < -0.4 is 0 Å². The van der Waals surface area contributed by atoms with E-state index in [0.29, 0.717) is 0 Å². The Labute approximate surface area is 41.4 Å². The lowest BCUT2D eigenvalue weighted by Gasteiger charge is -1.71. The first-order chi connectivity index (χ1) is 2.27. The normalized spacial score (nSPS) is 7.60. The minimum absolute atomic E-state index is 0.242. The van der Waals surface area contributed by atoms with Gasteiger partial charge in [-0.3, -0.25) is 0 Å². The summed E-state index contributed by atoms with van der Waals surface area (Å²) >= 11 is 9.88. The highest BCUT2D eigenvalue weighted by atomic mass is 35.5. The van der Waals surface area contributed by atoms with Crippen LogP contribution in [0.3, 0.4) is 0 Å². The van der Waals surface area contributed by atoms with Crippen molar-refractivity contribution in [2.75, 3.05) is 0 Å². The van der Waals surface area contributed by atoms with E-state index in [1.54, 1.807) is 0 Å². The zero-order chi connectivity index (χ0) is 4.28. The first-order valence-electron chi connectivity index (χ1n) is 0.982. The molecule has 0 amide bonds. The summed E-state index contributed by atoms with van der Waals surface area (Å²) in [5, 5.41) is 0.242. The van der Waals surface area contributed by atoms with Gasteiger partial charge in [-0.2, -0.15) is 0 Å².